The zero-order valence-corrected chi connectivity index (χ0v) is 14.1. The van der Waals surface area contributed by atoms with Crippen molar-refractivity contribution in [2.24, 2.45) is 0 Å². The molecule has 0 bridgehead atoms. The van der Waals surface area contributed by atoms with Crippen LogP contribution in [0.1, 0.15) is 37.0 Å². The van der Waals surface area contributed by atoms with Crippen LogP contribution in [0.25, 0.3) is 0 Å². The number of carboxylic acid groups (broad SMARTS) is 1. The maximum atomic E-state index is 10.2. The number of carboxylic acids is 1. The molecule has 0 fully saturated rings. The first kappa shape index (κ1) is 23.8. The summed E-state index contributed by atoms with van der Waals surface area (Å²) >= 11 is 0. The molecule has 0 saturated heterocycles. The minimum atomic E-state index is -0.879. The second-order valence-electron chi connectivity index (χ2n) is 4.34. The molecule has 0 heterocycles. The Morgan fingerprint density at radius 2 is 1.30 bits per heavy atom. The molecular weight excluding hydrogens is 300 g/mol. The van der Waals surface area contributed by atoms with Gasteiger partial charge in [-0.1, -0.05) is 32.0 Å². The fraction of sp³-hybridized carbons (Fsp3) is 0.588. The molecule has 3 N–H and O–H groups in total. The third-order valence-electron chi connectivity index (χ3n) is 2.19. The first-order valence-corrected chi connectivity index (χ1v) is 7.79. The van der Waals surface area contributed by atoms with Gasteiger partial charge in [0.05, 0.1) is 32.0 Å². The molecule has 0 aromatic heterocycles. The standard InChI is InChI=1S/C8H18O2.C7H6O2.C2H6O2/c1-3-5-9-7-8-10-6-4-2;8-7(9)6-4-2-1-3-5-6;3-1-2-4/h3-8H2,1-2H3;1-5H,(H,8,9);3-4H,1-2H2. The number of aliphatic hydroxyl groups is 2. The van der Waals surface area contributed by atoms with Crippen LogP contribution in [0.3, 0.4) is 0 Å². The lowest BCUT2D eigenvalue weighted by molar-refractivity contribution is 0.0483. The van der Waals surface area contributed by atoms with Gasteiger partial charge in [0, 0.05) is 13.2 Å². The quantitative estimate of drug-likeness (QED) is 0.601. The Labute approximate surface area is 138 Å². The van der Waals surface area contributed by atoms with Crippen LogP contribution >= 0.6 is 0 Å². The van der Waals surface area contributed by atoms with E-state index in [2.05, 4.69) is 13.8 Å². The Morgan fingerprint density at radius 3 is 1.57 bits per heavy atom. The highest BCUT2D eigenvalue weighted by molar-refractivity contribution is 5.87. The van der Waals surface area contributed by atoms with Crippen LogP contribution in [0, 0.1) is 0 Å². The SMILES string of the molecule is CCCOCCOCCC.O=C(O)c1ccccc1.OCCO. The first-order valence-electron chi connectivity index (χ1n) is 7.79. The molecule has 0 aliphatic heterocycles. The van der Waals surface area contributed by atoms with E-state index in [1.807, 2.05) is 0 Å². The number of rotatable bonds is 9. The molecule has 6 heteroatoms. The van der Waals surface area contributed by atoms with Crippen molar-refractivity contribution >= 4 is 5.97 Å². The van der Waals surface area contributed by atoms with Crippen LogP contribution in [0.2, 0.25) is 0 Å². The van der Waals surface area contributed by atoms with Gasteiger partial charge in [-0.2, -0.15) is 0 Å². The molecule has 0 aliphatic carbocycles. The molecule has 0 saturated carbocycles. The van der Waals surface area contributed by atoms with E-state index in [9.17, 15) is 4.79 Å². The monoisotopic (exact) mass is 330 g/mol. The zero-order valence-electron chi connectivity index (χ0n) is 14.1. The minimum Gasteiger partial charge on any atom is -0.478 e. The molecular formula is C17H30O6. The van der Waals surface area contributed by atoms with Crippen LogP contribution in [-0.4, -0.2) is 60.9 Å². The Balaban J connectivity index is 0. The lowest BCUT2D eigenvalue weighted by Gasteiger charge is -2.02. The molecule has 0 amide bonds. The normalized spacial score (nSPS) is 9.22. The van der Waals surface area contributed by atoms with Crippen molar-refractivity contribution in [2.75, 3.05) is 39.6 Å². The van der Waals surface area contributed by atoms with Gasteiger partial charge < -0.3 is 24.8 Å². The average molecular weight is 330 g/mol. The summed E-state index contributed by atoms with van der Waals surface area (Å²) in [6, 6.07) is 8.30. The molecule has 0 aliphatic rings. The maximum Gasteiger partial charge on any atom is 0.335 e. The largest absolute Gasteiger partial charge is 0.478 e. The molecule has 1 aromatic carbocycles. The summed E-state index contributed by atoms with van der Waals surface area (Å²) in [5, 5.41) is 23.6. The molecule has 23 heavy (non-hydrogen) atoms. The predicted molar refractivity (Wildman–Crippen MR) is 89.8 cm³/mol. The smallest absolute Gasteiger partial charge is 0.335 e. The zero-order chi connectivity index (χ0) is 17.8. The Morgan fingerprint density at radius 1 is 0.870 bits per heavy atom. The topological polar surface area (TPSA) is 96.2 Å². The Bertz CT molecular complexity index is 332. The fourth-order valence-electron chi connectivity index (χ4n) is 1.19. The van der Waals surface area contributed by atoms with Crippen LogP contribution in [0.5, 0.6) is 0 Å². The summed E-state index contributed by atoms with van der Waals surface area (Å²) in [5.74, 6) is -0.879. The second-order valence-corrected chi connectivity index (χ2v) is 4.34. The van der Waals surface area contributed by atoms with Gasteiger partial charge in [0.15, 0.2) is 0 Å². The second kappa shape index (κ2) is 20.5. The van der Waals surface area contributed by atoms with Gasteiger partial charge in [0.1, 0.15) is 0 Å². The molecule has 6 nitrogen and oxygen atoms in total. The van der Waals surface area contributed by atoms with Gasteiger partial charge >= 0.3 is 5.97 Å². The summed E-state index contributed by atoms with van der Waals surface area (Å²) in [7, 11) is 0. The molecule has 134 valence electrons. The van der Waals surface area contributed by atoms with E-state index in [-0.39, 0.29) is 13.2 Å². The Kier molecular flexibility index (Phi) is 21.2. The number of benzene rings is 1. The summed E-state index contributed by atoms with van der Waals surface area (Å²) in [4.78, 5) is 10.2. The van der Waals surface area contributed by atoms with E-state index in [1.165, 1.54) is 0 Å². The van der Waals surface area contributed by atoms with Crippen LogP contribution < -0.4 is 0 Å². The fourth-order valence-corrected chi connectivity index (χ4v) is 1.19. The van der Waals surface area contributed by atoms with E-state index in [1.54, 1.807) is 30.3 Å². The van der Waals surface area contributed by atoms with Crippen molar-refractivity contribution in [2.45, 2.75) is 26.7 Å². The van der Waals surface area contributed by atoms with Crippen molar-refractivity contribution < 1.29 is 29.6 Å². The van der Waals surface area contributed by atoms with Gasteiger partial charge in [-0.25, -0.2) is 4.79 Å². The average Bonchev–Trinajstić information content (AvgIpc) is 2.59. The third-order valence-corrected chi connectivity index (χ3v) is 2.19. The van der Waals surface area contributed by atoms with Gasteiger partial charge in [0.25, 0.3) is 0 Å². The van der Waals surface area contributed by atoms with Gasteiger partial charge in [-0.15, -0.1) is 0 Å². The van der Waals surface area contributed by atoms with Gasteiger partial charge in [-0.05, 0) is 25.0 Å². The number of ether oxygens (including phenoxy) is 2. The summed E-state index contributed by atoms with van der Waals surface area (Å²) in [6.45, 7) is 7.16. The highest BCUT2D eigenvalue weighted by Crippen LogP contribution is 1.96. The summed E-state index contributed by atoms with van der Waals surface area (Å²) < 4.78 is 10.4. The number of aromatic carboxylic acids is 1. The van der Waals surface area contributed by atoms with Crippen molar-refractivity contribution in [3.05, 3.63) is 35.9 Å². The molecule has 1 rings (SSSR count). The minimum absolute atomic E-state index is 0.125. The van der Waals surface area contributed by atoms with Crippen LogP contribution in [0.15, 0.2) is 30.3 Å². The van der Waals surface area contributed by atoms with Crippen LogP contribution in [0.4, 0.5) is 0 Å². The Hall–Kier alpha value is -1.47. The van der Waals surface area contributed by atoms with E-state index in [0.717, 1.165) is 39.3 Å². The first-order chi connectivity index (χ1) is 11.1. The molecule has 0 spiro atoms. The maximum absolute atomic E-state index is 10.2. The van der Waals surface area contributed by atoms with E-state index >= 15 is 0 Å². The van der Waals surface area contributed by atoms with Gasteiger partial charge in [-0.3, -0.25) is 0 Å². The van der Waals surface area contributed by atoms with E-state index in [0.29, 0.717) is 5.56 Å². The van der Waals surface area contributed by atoms with Crippen molar-refractivity contribution in [3.63, 3.8) is 0 Å². The molecule has 0 radical (unpaired) electrons. The number of hydrogen-bond acceptors (Lipinski definition) is 5. The van der Waals surface area contributed by atoms with Crippen LogP contribution in [-0.2, 0) is 9.47 Å². The van der Waals surface area contributed by atoms with Crippen molar-refractivity contribution in [1.29, 1.82) is 0 Å². The number of hydrogen-bond donors (Lipinski definition) is 3. The lowest BCUT2D eigenvalue weighted by Crippen LogP contribution is -2.04. The van der Waals surface area contributed by atoms with Crippen molar-refractivity contribution in [1.82, 2.24) is 0 Å². The molecule has 1 aromatic rings. The highest BCUT2D eigenvalue weighted by atomic mass is 16.5. The number of carbonyl (C=O) groups is 1. The molecule has 0 atom stereocenters. The lowest BCUT2D eigenvalue weighted by atomic mass is 10.2. The van der Waals surface area contributed by atoms with E-state index < -0.39 is 5.97 Å². The number of aliphatic hydroxyl groups excluding tert-OH is 2. The van der Waals surface area contributed by atoms with Gasteiger partial charge in [0.2, 0.25) is 0 Å². The summed E-state index contributed by atoms with van der Waals surface area (Å²) in [6.07, 6.45) is 2.18. The van der Waals surface area contributed by atoms with Crippen molar-refractivity contribution in [3.8, 4) is 0 Å². The third kappa shape index (κ3) is 20.5. The highest BCUT2D eigenvalue weighted by Gasteiger charge is 1.96. The summed E-state index contributed by atoms with van der Waals surface area (Å²) in [5.41, 5.74) is 0.331. The predicted octanol–water partition coefficient (Wildman–Crippen LogP) is 2.20. The molecule has 0 unspecified atom stereocenters. The van der Waals surface area contributed by atoms with E-state index in [4.69, 9.17) is 24.8 Å².